The first-order valence-electron chi connectivity index (χ1n) is 7.00. The van der Waals surface area contributed by atoms with Gasteiger partial charge < -0.3 is 10.2 Å². The van der Waals surface area contributed by atoms with Gasteiger partial charge in [-0.2, -0.15) is 0 Å². The zero-order chi connectivity index (χ0) is 13.6. The lowest BCUT2D eigenvalue weighted by Gasteiger charge is -2.37. The highest BCUT2D eigenvalue weighted by atomic mass is 16.1. The van der Waals surface area contributed by atoms with Crippen molar-refractivity contribution in [2.24, 2.45) is 11.3 Å². The molecule has 1 aliphatic heterocycles. The first-order valence-corrected chi connectivity index (χ1v) is 7.00. The maximum atomic E-state index is 10.9. The molecule has 0 aromatic heterocycles. The molecular weight excluding hydrogens is 224 g/mol. The molecule has 0 radical (unpaired) electrons. The Morgan fingerprint density at radius 2 is 2.28 bits per heavy atom. The van der Waals surface area contributed by atoms with Gasteiger partial charge in [0.15, 0.2) is 0 Å². The van der Waals surface area contributed by atoms with Crippen molar-refractivity contribution in [3.05, 3.63) is 12.7 Å². The fourth-order valence-corrected chi connectivity index (χ4v) is 2.81. The van der Waals surface area contributed by atoms with Crippen molar-refractivity contribution in [1.82, 2.24) is 10.2 Å². The van der Waals surface area contributed by atoms with E-state index in [1.165, 1.54) is 19.4 Å². The van der Waals surface area contributed by atoms with Crippen molar-refractivity contribution in [3.63, 3.8) is 0 Å². The lowest BCUT2D eigenvalue weighted by molar-refractivity contribution is -0.119. The summed E-state index contributed by atoms with van der Waals surface area (Å²) in [6.45, 7) is 14.3. The predicted molar refractivity (Wildman–Crippen MR) is 76.4 cm³/mol. The van der Waals surface area contributed by atoms with Crippen molar-refractivity contribution >= 4 is 5.91 Å². The van der Waals surface area contributed by atoms with Crippen LogP contribution in [-0.4, -0.2) is 37.0 Å². The van der Waals surface area contributed by atoms with Crippen LogP contribution in [0.5, 0.6) is 0 Å². The molecule has 1 unspecified atom stereocenters. The van der Waals surface area contributed by atoms with Crippen LogP contribution < -0.4 is 5.32 Å². The highest BCUT2D eigenvalue weighted by Crippen LogP contribution is 2.25. The van der Waals surface area contributed by atoms with E-state index in [1.807, 2.05) is 6.08 Å². The summed E-state index contributed by atoms with van der Waals surface area (Å²) in [7, 11) is 0. The molecule has 1 aliphatic rings. The van der Waals surface area contributed by atoms with Gasteiger partial charge in [-0.3, -0.25) is 4.79 Å². The van der Waals surface area contributed by atoms with E-state index >= 15 is 0 Å². The van der Waals surface area contributed by atoms with Gasteiger partial charge in [0.05, 0.1) is 0 Å². The number of nitrogens with one attached hydrogen (secondary N) is 1. The molecule has 18 heavy (non-hydrogen) atoms. The number of amides is 1. The molecule has 1 amide bonds. The molecule has 1 fully saturated rings. The van der Waals surface area contributed by atoms with E-state index in [2.05, 4.69) is 30.6 Å². The van der Waals surface area contributed by atoms with Crippen molar-refractivity contribution in [2.45, 2.75) is 40.0 Å². The van der Waals surface area contributed by atoms with E-state index in [0.717, 1.165) is 26.1 Å². The number of carbonyl (C=O) groups is 1. The number of piperidine rings is 1. The van der Waals surface area contributed by atoms with Crippen LogP contribution in [0.2, 0.25) is 0 Å². The molecule has 1 saturated heterocycles. The molecule has 3 nitrogen and oxygen atoms in total. The van der Waals surface area contributed by atoms with Crippen molar-refractivity contribution in [3.8, 4) is 0 Å². The van der Waals surface area contributed by atoms with Gasteiger partial charge in [0.25, 0.3) is 0 Å². The summed E-state index contributed by atoms with van der Waals surface area (Å²) in [6, 6.07) is 0. The van der Waals surface area contributed by atoms with Crippen LogP contribution in [0.25, 0.3) is 0 Å². The molecule has 1 N–H and O–H groups in total. The van der Waals surface area contributed by atoms with Gasteiger partial charge in [0.2, 0.25) is 5.91 Å². The molecule has 0 aromatic carbocycles. The number of carbonyl (C=O) groups excluding carboxylic acids is 1. The standard InChI is InChI=1S/C15H28N2O/c1-5-8-15(3,4)12-17-9-6-7-14(11-17)10-16-13(2)18/h5,14H,1,6-12H2,2-4H3,(H,16,18). The number of hydrogen-bond acceptors (Lipinski definition) is 2. The highest BCUT2D eigenvalue weighted by molar-refractivity contribution is 5.72. The van der Waals surface area contributed by atoms with Crippen molar-refractivity contribution in [2.75, 3.05) is 26.2 Å². The number of hydrogen-bond donors (Lipinski definition) is 1. The van der Waals surface area contributed by atoms with Crippen LogP contribution in [-0.2, 0) is 4.79 Å². The summed E-state index contributed by atoms with van der Waals surface area (Å²) in [5, 5.41) is 2.94. The Morgan fingerprint density at radius 1 is 1.56 bits per heavy atom. The minimum absolute atomic E-state index is 0.0825. The van der Waals surface area contributed by atoms with Crippen LogP contribution in [0.4, 0.5) is 0 Å². The third-order valence-electron chi connectivity index (χ3n) is 3.59. The average molecular weight is 252 g/mol. The maximum absolute atomic E-state index is 10.9. The lowest BCUT2D eigenvalue weighted by Crippen LogP contribution is -2.44. The molecule has 1 atom stereocenters. The molecule has 0 aliphatic carbocycles. The first kappa shape index (κ1) is 15.2. The monoisotopic (exact) mass is 252 g/mol. The summed E-state index contributed by atoms with van der Waals surface area (Å²) >= 11 is 0. The fraction of sp³-hybridized carbons (Fsp3) is 0.800. The Bertz CT molecular complexity index is 286. The molecule has 104 valence electrons. The zero-order valence-electron chi connectivity index (χ0n) is 12.2. The summed E-state index contributed by atoms with van der Waals surface area (Å²) in [5.74, 6) is 0.696. The van der Waals surface area contributed by atoms with E-state index in [0.29, 0.717) is 11.3 Å². The quantitative estimate of drug-likeness (QED) is 0.736. The minimum atomic E-state index is 0.0825. The van der Waals surface area contributed by atoms with Gasteiger partial charge in [0.1, 0.15) is 0 Å². The van der Waals surface area contributed by atoms with E-state index in [1.54, 1.807) is 6.92 Å². The van der Waals surface area contributed by atoms with Crippen LogP contribution in [0.15, 0.2) is 12.7 Å². The van der Waals surface area contributed by atoms with Crippen molar-refractivity contribution < 1.29 is 4.79 Å². The number of rotatable bonds is 6. The summed E-state index contributed by atoms with van der Waals surface area (Å²) in [4.78, 5) is 13.5. The van der Waals surface area contributed by atoms with Gasteiger partial charge in [0, 0.05) is 26.6 Å². The third kappa shape index (κ3) is 5.67. The Balaban J connectivity index is 2.38. The van der Waals surface area contributed by atoms with Crippen LogP contribution in [0, 0.1) is 11.3 Å². The predicted octanol–water partition coefficient (Wildman–Crippen LogP) is 2.44. The second-order valence-electron chi connectivity index (χ2n) is 6.34. The highest BCUT2D eigenvalue weighted by Gasteiger charge is 2.25. The van der Waals surface area contributed by atoms with E-state index in [4.69, 9.17) is 0 Å². The Labute approximate surface area is 112 Å². The van der Waals surface area contributed by atoms with E-state index in [-0.39, 0.29) is 5.91 Å². The van der Waals surface area contributed by atoms with Crippen LogP contribution >= 0.6 is 0 Å². The Hall–Kier alpha value is -0.830. The van der Waals surface area contributed by atoms with E-state index in [9.17, 15) is 4.79 Å². The molecule has 0 bridgehead atoms. The lowest BCUT2D eigenvalue weighted by atomic mass is 9.87. The molecule has 0 aromatic rings. The summed E-state index contributed by atoms with van der Waals surface area (Å²) < 4.78 is 0. The molecule has 0 saturated carbocycles. The maximum Gasteiger partial charge on any atom is 0.216 e. The van der Waals surface area contributed by atoms with Crippen molar-refractivity contribution in [1.29, 1.82) is 0 Å². The Morgan fingerprint density at radius 3 is 2.89 bits per heavy atom. The van der Waals surface area contributed by atoms with Gasteiger partial charge in [-0.25, -0.2) is 0 Å². The average Bonchev–Trinajstić information content (AvgIpc) is 2.26. The second kappa shape index (κ2) is 6.93. The first-order chi connectivity index (χ1) is 8.43. The van der Waals surface area contributed by atoms with Gasteiger partial charge in [-0.05, 0) is 37.1 Å². The van der Waals surface area contributed by atoms with Gasteiger partial charge in [-0.1, -0.05) is 19.9 Å². The number of allylic oxidation sites excluding steroid dienone is 1. The van der Waals surface area contributed by atoms with E-state index < -0.39 is 0 Å². The number of likely N-dealkylation sites (tertiary alicyclic amines) is 1. The van der Waals surface area contributed by atoms with Gasteiger partial charge in [-0.15, -0.1) is 6.58 Å². The molecule has 3 heteroatoms. The van der Waals surface area contributed by atoms with Crippen LogP contribution in [0.1, 0.15) is 40.0 Å². The SMILES string of the molecule is C=CCC(C)(C)CN1CCCC(CNC(C)=O)C1. The number of nitrogens with zero attached hydrogens (tertiary/aromatic N) is 1. The second-order valence-corrected chi connectivity index (χ2v) is 6.34. The summed E-state index contributed by atoms with van der Waals surface area (Å²) in [5.41, 5.74) is 0.303. The zero-order valence-corrected chi connectivity index (χ0v) is 12.2. The smallest absolute Gasteiger partial charge is 0.216 e. The molecule has 1 heterocycles. The Kier molecular flexibility index (Phi) is 5.86. The molecular formula is C15H28N2O. The third-order valence-corrected chi connectivity index (χ3v) is 3.59. The van der Waals surface area contributed by atoms with Gasteiger partial charge >= 0.3 is 0 Å². The fourth-order valence-electron chi connectivity index (χ4n) is 2.81. The minimum Gasteiger partial charge on any atom is -0.356 e. The molecule has 1 rings (SSSR count). The topological polar surface area (TPSA) is 32.3 Å². The van der Waals surface area contributed by atoms with Crippen LogP contribution in [0.3, 0.4) is 0 Å². The molecule has 0 spiro atoms. The largest absolute Gasteiger partial charge is 0.356 e. The normalized spacial score (nSPS) is 21.6. The summed E-state index contributed by atoms with van der Waals surface area (Å²) in [6.07, 6.45) is 5.55.